The zero-order valence-corrected chi connectivity index (χ0v) is 18.8. The van der Waals surface area contributed by atoms with Crippen molar-refractivity contribution in [3.8, 4) is 5.75 Å². The fraction of sp³-hybridized carbons (Fsp3) is 0.474. The SMILES string of the molecule is Cc1csc(C(O)(CC(=O)N(C)CCCOc2cccc(S(C)(=O)=O)c2)C(F)(F)F)n1. The van der Waals surface area contributed by atoms with E-state index in [1.807, 2.05) is 0 Å². The molecule has 7 nitrogen and oxygen atoms in total. The van der Waals surface area contributed by atoms with Gasteiger partial charge in [0, 0.05) is 30.9 Å². The minimum absolute atomic E-state index is 0.0788. The van der Waals surface area contributed by atoms with E-state index in [0.717, 1.165) is 11.2 Å². The summed E-state index contributed by atoms with van der Waals surface area (Å²) in [6.45, 7) is 1.69. The molecule has 1 aromatic heterocycles. The Balaban J connectivity index is 1.93. The van der Waals surface area contributed by atoms with Gasteiger partial charge < -0.3 is 14.7 Å². The lowest BCUT2D eigenvalue weighted by Gasteiger charge is -2.29. The summed E-state index contributed by atoms with van der Waals surface area (Å²) in [5, 5.41) is 11.1. The Kier molecular flexibility index (Phi) is 7.71. The molecule has 0 aliphatic rings. The van der Waals surface area contributed by atoms with Crippen molar-refractivity contribution >= 4 is 27.1 Å². The van der Waals surface area contributed by atoms with Crippen molar-refractivity contribution in [2.45, 2.75) is 36.4 Å². The number of aromatic nitrogens is 1. The summed E-state index contributed by atoms with van der Waals surface area (Å²) in [5.74, 6) is -0.575. The maximum Gasteiger partial charge on any atom is 0.424 e. The highest BCUT2D eigenvalue weighted by Crippen LogP contribution is 2.43. The molecule has 1 heterocycles. The monoisotopic (exact) mass is 480 g/mol. The van der Waals surface area contributed by atoms with Crippen LogP contribution in [-0.4, -0.2) is 61.9 Å². The molecule has 0 aliphatic carbocycles. The van der Waals surface area contributed by atoms with Crippen LogP contribution < -0.4 is 4.74 Å². The summed E-state index contributed by atoms with van der Waals surface area (Å²) in [5.41, 5.74) is -3.04. The van der Waals surface area contributed by atoms with Crippen molar-refractivity contribution in [1.82, 2.24) is 9.88 Å². The summed E-state index contributed by atoms with van der Waals surface area (Å²) in [4.78, 5) is 17.2. The van der Waals surface area contributed by atoms with Gasteiger partial charge in [-0.1, -0.05) is 6.07 Å². The highest BCUT2D eigenvalue weighted by atomic mass is 32.2. The lowest BCUT2D eigenvalue weighted by atomic mass is 9.99. The van der Waals surface area contributed by atoms with Crippen LogP contribution in [0.3, 0.4) is 0 Å². The van der Waals surface area contributed by atoms with E-state index in [2.05, 4.69) is 4.98 Å². The van der Waals surface area contributed by atoms with Crippen molar-refractivity contribution in [1.29, 1.82) is 0 Å². The Morgan fingerprint density at radius 1 is 1.32 bits per heavy atom. The highest BCUT2D eigenvalue weighted by molar-refractivity contribution is 7.90. The van der Waals surface area contributed by atoms with Crippen molar-refractivity contribution in [3.05, 3.63) is 40.3 Å². The second kappa shape index (κ2) is 9.53. The minimum Gasteiger partial charge on any atom is -0.493 e. The Bertz CT molecular complexity index is 1020. The van der Waals surface area contributed by atoms with Gasteiger partial charge in [-0.3, -0.25) is 4.79 Å². The first-order chi connectivity index (χ1) is 14.2. The van der Waals surface area contributed by atoms with Crippen LogP contribution in [0, 0.1) is 6.92 Å². The number of carbonyl (C=O) groups is 1. The van der Waals surface area contributed by atoms with E-state index in [1.54, 1.807) is 6.07 Å². The number of alkyl halides is 3. The number of aryl methyl sites for hydroxylation is 1. The van der Waals surface area contributed by atoms with Gasteiger partial charge in [-0.15, -0.1) is 11.3 Å². The number of hydrogen-bond acceptors (Lipinski definition) is 7. The third-order valence-electron chi connectivity index (χ3n) is 4.41. The van der Waals surface area contributed by atoms with Crippen molar-refractivity contribution in [2.24, 2.45) is 0 Å². The van der Waals surface area contributed by atoms with Gasteiger partial charge in [0.15, 0.2) is 9.84 Å². The summed E-state index contributed by atoms with van der Waals surface area (Å²) in [6, 6.07) is 5.90. The summed E-state index contributed by atoms with van der Waals surface area (Å²) in [6.07, 6.45) is -4.90. The van der Waals surface area contributed by atoms with E-state index < -0.39 is 39.0 Å². The van der Waals surface area contributed by atoms with E-state index in [0.29, 0.717) is 22.8 Å². The zero-order chi connectivity index (χ0) is 23.4. The van der Waals surface area contributed by atoms with Crippen LogP contribution >= 0.6 is 11.3 Å². The van der Waals surface area contributed by atoms with E-state index in [-0.39, 0.29) is 24.5 Å². The summed E-state index contributed by atoms with van der Waals surface area (Å²) in [7, 11) is -2.05. The van der Waals surface area contributed by atoms with E-state index in [1.165, 1.54) is 37.6 Å². The lowest BCUT2D eigenvalue weighted by molar-refractivity contribution is -0.268. The zero-order valence-electron chi connectivity index (χ0n) is 17.1. The highest BCUT2D eigenvalue weighted by Gasteiger charge is 2.58. The number of thiazole rings is 1. The molecule has 172 valence electrons. The number of ether oxygens (including phenoxy) is 1. The number of benzene rings is 1. The average Bonchev–Trinajstić information content (AvgIpc) is 3.10. The van der Waals surface area contributed by atoms with Gasteiger partial charge in [0.2, 0.25) is 11.5 Å². The molecule has 0 saturated heterocycles. The Morgan fingerprint density at radius 3 is 2.55 bits per heavy atom. The first kappa shape index (κ1) is 25.1. The maximum absolute atomic E-state index is 13.5. The largest absolute Gasteiger partial charge is 0.493 e. The van der Waals surface area contributed by atoms with Crippen molar-refractivity contribution in [2.75, 3.05) is 26.5 Å². The predicted octanol–water partition coefficient (Wildman–Crippen LogP) is 2.92. The van der Waals surface area contributed by atoms with Crippen molar-refractivity contribution < 1.29 is 36.2 Å². The number of amides is 1. The normalized spacial score (nSPS) is 14.2. The molecule has 0 saturated carbocycles. The number of halogens is 3. The molecular weight excluding hydrogens is 457 g/mol. The Labute approximate surface area is 182 Å². The van der Waals surface area contributed by atoms with Crippen LogP contribution in [0.4, 0.5) is 13.2 Å². The topological polar surface area (TPSA) is 96.8 Å². The van der Waals surface area contributed by atoms with Crippen LogP contribution in [0.15, 0.2) is 34.5 Å². The van der Waals surface area contributed by atoms with Gasteiger partial charge in [-0.05, 0) is 31.5 Å². The standard InChI is InChI=1S/C19H23F3N2O5S2/c1-13-12-30-17(23-13)18(26,19(20,21)22)11-16(25)24(2)8-5-9-29-14-6-4-7-15(10-14)31(3,27)28/h4,6-7,10,12,26H,5,8-9,11H2,1-3H3. The second-order valence-corrected chi connectivity index (χ2v) is 9.97. The van der Waals surface area contributed by atoms with Crippen molar-refractivity contribution in [3.63, 3.8) is 0 Å². The molecule has 12 heteroatoms. The van der Waals surface area contributed by atoms with Gasteiger partial charge in [-0.25, -0.2) is 13.4 Å². The third-order valence-corrected chi connectivity index (χ3v) is 6.64. The molecule has 0 aliphatic heterocycles. The Hall–Kier alpha value is -2.18. The van der Waals surface area contributed by atoms with Gasteiger partial charge >= 0.3 is 6.18 Å². The number of hydrogen-bond donors (Lipinski definition) is 1. The van der Waals surface area contributed by atoms with Crippen LogP contribution in [0.2, 0.25) is 0 Å². The Morgan fingerprint density at radius 2 is 2.00 bits per heavy atom. The molecule has 0 fully saturated rings. The molecular formula is C19H23F3N2O5S2. The van der Waals surface area contributed by atoms with Crippen LogP contribution in [0.1, 0.15) is 23.5 Å². The second-order valence-electron chi connectivity index (χ2n) is 7.09. The van der Waals surface area contributed by atoms with Gasteiger partial charge in [0.05, 0.1) is 17.9 Å². The predicted molar refractivity (Wildman–Crippen MR) is 109 cm³/mol. The van der Waals surface area contributed by atoms with Crippen LogP contribution in [0.5, 0.6) is 5.75 Å². The first-order valence-corrected chi connectivity index (χ1v) is 11.9. The van der Waals surface area contributed by atoms with E-state index >= 15 is 0 Å². The lowest BCUT2D eigenvalue weighted by Crippen LogP contribution is -2.46. The number of carbonyl (C=O) groups excluding carboxylic acids is 1. The molecule has 2 aromatic rings. The number of aliphatic hydroxyl groups is 1. The van der Waals surface area contributed by atoms with Crippen LogP contribution in [-0.2, 0) is 20.2 Å². The molecule has 0 bridgehead atoms. The first-order valence-electron chi connectivity index (χ1n) is 9.12. The summed E-state index contributed by atoms with van der Waals surface area (Å²) < 4.78 is 69.1. The molecule has 0 spiro atoms. The fourth-order valence-electron chi connectivity index (χ4n) is 2.61. The molecule has 1 atom stereocenters. The molecule has 1 N–H and O–H groups in total. The minimum atomic E-state index is -5.07. The smallest absolute Gasteiger partial charge is 0.424 e. The van der Waals surface area contributed by atoms with E-state index in [4.69, 9.17) is 4.74 Å². The molecule has 1 unspecified atom stereocenters. The molecule has 2 rings (SSSR count). The number of rotatable bonds is 9. The summed E-state index contributed by atoms with van der Waals surface area (Å²) >= 11 is 0.644. The number of nitrogens with zero attached hydrogens (tertiary/aromatic N) is 2. The third kappa shape index (κ3) is 6.40. The molecule has 1 amide bonds. The molecule has 31 heavy (non-hydrogen) atoms. The van der Waals surface area contributed by atoms with Gasteiger partial charge in [0.1, 0.15) is 10.8 Å². The fourth-order valence-corrected chi connectivity index (χ4v) is 4.18. The van der Waals surface area contributed by atoms with Gasteiger partial charge in [0.25, 0.3) is 0 Å². The maximum atomic E-state index is 13.5. The van der Waals surface area contributed by atoms with E-state index in [9.17, 15) is 31.5 Å². The quantitative estimate of drug-likeness (QED) is 0.555. The van der Waals surface area contributed by atoms with Crippen LogP contribution in [0.25, 0.3) is 0 Å². The molecule has 1 aromatic carbocycles. The average molecular weight is 481 g/mol. The number of sulfone groups is 1. The van der Waals surface area contributed by atoms with Gasteiger partial charge in [-0.2, -0.15) is 13.2 Å². The molecule has 0 radical (unpaired) electrons.